The largest absolute Gasteiger partial charge is 0.343 e. The summed E-state index contributed by atoms with van der Waals surface area (Å²) in [6, 6.07) is 0. The fraction of sp³-hybridized carbons (Fsp3) is 0.986. The zero-order chi connectivity index (χ0) is 54.8. The second-order valence-electron chi connectivity index (χ2n) is 25.5. The predicted molar refractivity (Wildman–Crippen MR) is 349 cm³/mol. The molecule has 0 aliphatic heterocycles. The van der Waals surface area contributed by atoms with Crippen molar-refractivity contribution in [2.24, 2.45) is 0 Å². The molecule has 0 saturated carbocycles. The van der Waals surface area contributed by atoms with Crippen molar-refractivity contribution in [1.82, 2.24) is 9.80 Å². The van der Waals surface area contributed by atoms with E-state index in [9.17, 15) is 5.41 Å². The molecule has 0 heterocycles. The highest BCUT2D eigenvalue weighted by atomic mass is 15.4. The molecular formula is C73H149N3. The molecule has 0 radical (unpaired) electrons. The first kappa shape index (κ1) is 75.3. The third kappa shape index (κ3) is 60.9. The zero-order valence-corrected chi connectivity index (χ0v) is 54.0. The lowest BCUT2D eigenvalue weighted by Gasteiger charge is -2.34. The lowest BCUT2D eigenvalue weighted by Crippen LogP contribution is -2.45. The van der Waals surface area contributed by atoms with Gasteiger partial charge in [-0.1, -0.05) is 413 Å². The van der Waals surface area contributed by atoms with Gasteiger partial charge < -0.3 is 9.80 Å². The minimum absolute atomic E-state index is 0.892. The van der Waals surface area contributed by atoms with Crippen molar-refractivity contribution in [2.75, 3.05) is 26.2 Å². The van der Waals surface area contributed by atoms with Crippen molar-refractivity contribution < 1.29 is 0 Å². The Morgan fingerprint density at radius 1 is 0.158 bits per heavy atom. The van der Waals surface area contributed by atoms with Gasteiger partial charge in [0, 0.05) is 26.2 Å². The Bertz CT molecular complexity index is 876. The van der Waals surface area contributed by atoms with E-state index >= 15 is 0 Å². The van der Waals surface area contributed by atoms with Crippen molar-refractivity contribution >= 4 is 5.96 Å². The number of rotatable bonds is 68. The molecule has 456 valence electrons. The lowest BCUT2D eigenvalue weighted by atomic mass is 10.0. The molecule has 0 rings (SSSR count). The molecule has 0 spiro atoms. The molecule has 0 aromatic rings. The van der Waals surface area contributed by atoms with E-state index in [2.05, 4.69) is 37.5 Å². The number of hydrogen-bond donors (Lipinski definition) is 1. The van der Waals surface area contributed by atoms with Gasteiger partial charge in [-0.15, -0.1) is 0 Å². The van der Waals surface area contributed by atoms with Crippen LogP contribution < -0.4 is 0 Å². The molecule has 0 amide bonds. The summed E-state index contributed by atoms with van der Waals surface area (Å²) in [4.78, 5) is 5.15. The molecule has 3 nitrogen and oxygen atoms in total. The van der Waals surface area contributed by atoms with Crippen LogP contribution in [0.2, 0.25) is 0 Å². The first-order valence-electron chi connectivity index (χ1n) is 36.8. The van der Waals surface area contributed by atoms with E-state index in [1.54, 1.807) is 0 Å². The van der Waals surface area contributed by atoms with Crippen molar-refractivity contribution in [3.05, 3.63) is 0 Å². The minimum Gasteiger partial charge on any atom is -0.343 e. The van der Waals surface area contributed by atoms with E-state index in [1.807, 2.05) is 0 Å². The topological polar surface area (TPSA) is 30.3 Å². The zero-order valence-electron chi connectivity index (χ0n) is 54.0. The van der Waals surface area contributed by atoms with Crippen molar-refractivity contribution in [3.8, 4) is 0 Å². The van der Waals surface area contributed by atoms with Crippen LogP contribution in [0, 0.1) is 5.41 Å². The van der Waals surface area contributed by atoms with Gasteiger partial charge in [0.15, 0.2) is 5.96 Å². The van der Waals surface area contributed by atoms with E-state index in [0.29, 0.717) is 0 Å². The summed E-state index contributed by atoms with van der Waals surface area (Å²) in [5.74, 6) is 0.892. The second kappa shape index (κ2) is 68.5. The Balaban J connectivity index is 5.00. The Morgan fingerprint density at radius 2 is 0.250 bits per heavy atom. The minimum atomic E-state index is 0.892. The molecule has 0 aliphatic carbocycles. The van der Waals surface area contributed by atoms with Gasteiger partial charge in [0.1, 0.15) is 0 Å². The molecule has 0 fully saturated rings. The summed E-state index contributed by atoms with van der Waals surface area (Å²) in [5, 5.41) is 9.82. The molecular weight excluding hydrogens is 919 g/mol. The highest BCUT2D eigenvalue weighted by Gasteiger charge is 2.17. The maximum Gasteiger partial charge on any atom is 0.193 e. The first-order chi connectivity index (χ1) is 37.7. The van der Waals surface area contributed by atoms with Gasteiger partial charge in [0.2, 0.25) is 0 Å². The van der Waals surface area contributed by atoms with Gasteiger partial charge in [0.05, 0.1) is 0 Å². The standard InChI is InChI=1S/C73H149N3/c1-5-9-13-17-21-25-29-33-37-41-45-49-53-57-61-65-69-75(70-66-62-58-54-50-46-42-38-34-30-26-22-18-14-10-6-2)73(74)76(71-67-63-59-55-51-47-43-39-35-31-27-23-19-15-11-7-3)72-68-64-60-56-52-48-44-40-36-32-28-24-20-16-12-8-4/h74H,5-72H2,1-4H3. The highest BCUT2D eigenvalue weighted by molar-refractivity contribution is 5.76. The van der Waals surface area contributed by atoms with E-state index in [-0.39, 0.29) is 0 Å². The number of nitrogens with one attached hydrogen (secondary N) is 1. The first-order valence-corrected chi connectivity index (χ1v) is 36.8. The van der Waals surface area contributed by atoms with Gasteiger partial charge in [-0.05, 0) is 25.7 Å². The fourth-order valence-electron chi connectivity index (χ4n) is 12.3. The molecule has 0 unspecified atom stereocenters. The molecule has 1 N–H and O–H groups in total. The molecule has 0 aliphatic rings. The molecule has 0 saturated heterocycles. The summed E-state index contributed by atoms with van der Waals surface area (Å²) >= 11 is 0. The number of hydrogen-bond acceptors (Lipinski definition) is 1. The summed E-state index contributed by atoms with van der Waals surface area (Å²) in [6.07, 6.45) is 91.1. The highest BCUT2D eigenvalue weighted by Crippen LogP contribution is 2.20. The Morgan fingerprint density at radius 3 is 0.355 bits per heavy atom. The van der Waals surface area contributed by atoms with Crippen LogP contribution in [0.1, 0.15) is 439 Å². The third-order valence-electron chi connectivity index (χ3n) is 17.7. The van der Waals surface area contributed by atoms with Crippen LogP contribution in [-0.2, 0) is 0 Å². The van der Waals surface area contributed by atoms with Crippen LogP contribution in [0.4, 0.5) is 0 Å². The second-order valence-corrected chi connectivity index (χ2v) is 25.5. The number of nitrogens with zero attached hydrogens (tertiary/aromatic N) is 2. The van der Waals surface area contributed by atoms with E-state index in [4.69, 9.17) is 0 Å². The van der Waals surface area contributed by atoms with Crippen LogP contribution in [0.15, 0.2) is 0 Å². The van der Waals surface area contributed by atoms with Gasteiger partial charge in [0.25, 0.3) is 0 Å². The maximum absolute atomic E-state index is 9.82. The van der Waals surface area contributed by atoms with Gasteiger partial charge in [-0.2, -0.15) is 0 Å². The maximum atomic E-state index is 9.82. The van der Waals surface area contributed by atoms with Crippen LogP contribution in [0.5, 0.6) is 0 Å². The molecule has 0 aromatic heterocycles. The average Bonchev–Trinajstić information content (AvgIpc) is 3.43. The van der Waals surface area contributed by atoms with Crippen LogP contribution in [-0.4, -0.2) is 41.9 Å². The smallest absolute Gasteiger partial charge is 0.193 e. The predicted octanol–water partition coefficient (Wildman–Crippen LogP) is 26.6. The van der Waals surface area contributed by atoms with Crippen molar-refractivity contribution in [3.63, 3.8) is 0 Å². The SMILES string of the molecule is CCCCCCCCCCCCCCCCCCN(CCCCCCCCCCCCCCCCCC)C(=N)N(CCCCCCCCCCCCCCCCCC)CCCCCCCCCCCCCCCCCC. The number of unbranched alkanes of at least 4 members (excludes halogenated alkanes) is 60. The Hall–Kier alpha value is -0.730. The summed E-state index contributed by atoms with van der Waals surface area (Å²) < 4.78 is 0. The Kier molecular flexibility index (Phi) is 67.9. The monoisotopic (exact) mass is 1070 g/mol. The molecule has 0 bridgehead atoms. The van der Waals surface area contributed by atoms with E-state index < -0.39 is 0 Å². The van der Waals surface area contributed by atoms with E-state index in [0.717, 1.165) is 32.1 Å². The Labute approximate surface area is 483 Å². The normalized spacial score (nSPS) is 11.6. The fourth-order valence-corrected chi connectivity index (χ4v) is 12.3. The van der Waals surface area contributed by atoms with Crippen LogP contribution >= 0.6 is 0 Å². The number of guanidine groups is 1. The summed E-state index contributed by atoms with van der Waals surface area (Å²) in [6.45, 7) is 13.7. The lowest BCUT2D eigenvalue weighted by molar-refractivity contribution is 0.291. The van der Waals surface area contributed by atoms with Crippen molar-refractivity contribution in [1.29, 1.82) is 5.41 Å². The molecule has 3 heteroatoms. The van der Waals surface area contributed by atoms with Gasteiger partial charge in [-0.25, -0.2) is 0 Å². The quantitative estimate of drug-likeness (QED) is 0.0374. The summed E-state index contributed by atoms with van der Waals surface area (Å²) in [5.41, 5.74) is 0. The van der Waals surface area contributed by atoms with Crippen LogP contribution in [0.3, 0.4) is 0 Å². The molecule has 76 heavy (non-hydrogen) atoms. The molecule has 0 atom stereocenters. The van der Waals surface area contributed by atoms with Crippen LogP contribution in [0.25, 0.3) is 0 Å². The van der Waals surface area contributed by atoms with Gasteiger partial charge in [-0.3, -0.25) is 5.41 Å². The third-order valence-corrected chi connectivity index (χ3v) is 17.7. The average molecular weight is 1070 g/mol. The molecule has 0 aromatic carbocycles. The van der Waals surface area contributed by atoms with Gasteiger partial charge >= 0.3 is 0 Å². The van der Waals surface area contributed by atoms with E-state index in [1.165, 1.54) is 411 Å². The summed E-state index contributed by atoms with van der Waals surface area (Å²) in [7, 11) is 0. The van der Waals surface area contributed by atoms with Crippen molar-refractivity contribution in [2.45, 2.75) is 439 Å².